The standard InChI is InChI=1S/C16H22BrClO/c1-2-13-7-9-16(12-17,10-8-13)19-11-14-5-3-4-6-15(14)18/h3-6,13H,2,7-12H2,1H3. The third-order valence-electron chi connectivity index (χ3n) is 4.33. The summed E-state index contributed by atoms with van der Waals surface area (Å²) in [6, 6.07) is 7.94. The van der Waals surface area contributed by atoms with Crippen LogP contribution in [0.3, 0.4) is 0 Å². The Morgan fingerprint density at radius 3 is 2.58 bits per heavy atom. The lowest BCUT2D eigenvalue weighted by molar-refractivity contribution is -0.0702. The molecule has 0 bridgehead atoms. The molecule has 0 spiro atoms. The second-order valence-electron chi connectivity index (χ2n) is 5.55. The fourth-order valence-electron chi connectivity index (χ4n) is 2.77. The maximum Gasteiger partial charge on any atom is 0.0783 e. The summed E-state index contributed by atoms with van der Waals surface area (Å²) in [4.78, 5) is 0. The first-order valence-electron chi connectivity index (χ1n) is 7.12. The number of alkyl halides is 1. The van der Waals surface area contributed by atoms with Crippen LogP contribution in [0, 0.1) is 5.92 Å². The lowest BCUT2D eigenvalue weighted by Gasteiger charge is -2.39. The van der Waals surface area contributed by atoms with Gasteiger partial charge in [0.1, 0.15) is 0 Å². The van der Waals surface area contributed by atoms with Gasteiger partial charge in [0.2, 0.25) is 0 Å². The quantitative estimate of drug-likeness (QED) is 0.632. The van der Waals surface area contributed by atoms with Gasteiger partial charge in [0, 0.05) is 10.4 Å². The van der Waals surface area contributed by atoms with E-state index in [0.717, 1.165) is 34.7 Å². The fraction of sp³-hybridized carbons (Fsp3) is 0.625. The first kappa shape index (κ1) is 15.3. The molecule has 1 aromatic rings. The van der Waals surface area contributed by atoms with Crippen molar-refractivity contribution in [1.82, 2.24) is 0 Å². The molecule has 3 heteroatoms. The third kappa shape index (κ3) is 3.96. The maximum absolute atomic E-state index is 6.25. The summed E-state index contributed by atoms with van der Waals surface area (Å²) in [5, 5.41) is 1.72. The summed E-state index contributed by atoms with van der Waals surface area (Å²) in [5.41, 5.74) is 1.09. The molecule has 0 heterocycles. The van der Waals surface area contributed by atoms with Gasteiger partial charge in [-0.2, -0.15) is 0 Å². The van der Waals surface area contributed by atoms with Gasteiger partial charge in [0.25, 0.3) is 0 Å². The van der Waals surface area contributed by atoms with Crippen LogP contribution in [-0.4, -0.2) is 10.9 Å². The molecule has 0 amide bonds. The Kier molecular flexibility index (Phi) is 5.73. The van der Waals surface area contributed by atoms with Crippen LogP contribution in [0.2, 0.25) is 5.02 Å². The van der Waals surface area contributed by atoms with Gasteiger partial charge in [-0.3, -0.25) is 0 Å². The minimum atomic E-state index is 0.00480. The van der Waals surface area contributed by atoms with E-state index >= 15 is 0 Å². The van der Waals surface area contributed by atoms with Gasteiger partial charge in [-0.1, -0.05) is 59.1 Å². The number of ether oxygens (including phenoxy) is 1. The Hall–Kier alpha value is -0.0500. The van der Waals surface area contributed by atoms with Gasteiger partial charge in [-0.15, -0.1) is 0 Å². The molecule has 1 aliphatic rings. The summed E-state index contributed by atoms with van der Waals surface area (Å²) >= 11 is 9.83. The largest absolute Gasteiger partial charge is 0.369 e. The molecule has 19 heavy (non-hydrogen) atoms. The summed E-state index contributed by atoms with van der Waals surface area (Å²) < 4.78 is 6.25. The van der Waals surface area contributed by atoms with Crippen LogP contribution in [-0.2, 0) is 11.3 Å². The zero-order valence-corrected chi connectivity index (χ0v) is 13.8. The van der Waals surface area contributed by atoms with Gasteiger partial charge in [0.15, 0.2) is 0 Å². The zero-order chi connectivity index (χ0) is 13.7. The SMILES string of the molecule is CCC1CCC(CBr)(OCc2ccccc2Cl)CC1. The number of rotatable bonds is 5. The molecule has 1 aliphatic carbocycles. The molecule has 0 saturated heterocycles. The van der Waals surface area contributed by atoms with Gasteiger partial charge >= 0.3 is 0 Å². The highest BCUT2D eigenvalue weighted by atomic mass is 79.9. The molecule has 0 atom stereocenters. The molecule has 0 aromatic heterocycles. The van der Waals surface area contributed by atoms with E-state index in [4.69, 9.17) is 16.3 Å². The molecule has 0 aliphatic heterocycles. The average molecular weight is 346 g/mol. The Morgan fingerprint density at radius 1 is 1.32 bits per heavy atom. The van der Waals surface area contributed by atoms with Crippen LogP contribution in [0.4, 0.5) is 0 Å². The molecule has 0 radical (unpaired) electrons. The second-order valence-corrected chi connectivity index (χ2v) is 6.52. The predicted molar refractivity (Wildman–Crippen MR) is 85.0 cm³/mol. The van der Waals surface area contributed by atoms with Gasteiger partial charge in [0.05, 0.1) is 12.2 Å². The van der Waals surface area contributed by atoms with Crippen LogP contribution < -0.4 is 0 Å². The Balaban J connectivity index is 1.95. The van der Waals surface area contributed by atoms with Crippen molar-refractivity contribution in [2.24, 2.45) is 5.92 Å². The predicted octanol–water partition coefficient (Wildman–Crippen LogP) is 5.59. The second kappa shape index (κ2) is 7.10. The number of halogens is 2. The lowest BCUT2D eigenvalue weighted by Crippen LogP contribution is -2.38. The molecular formula is C16H22BrClO. The molecule has 1 fully saturated rings. The highest BCUT2D eigenvalue weighted by molar-refractivity contribution is 9.09. The van der Waals surface area contributed by atoms with E-state index in [0.29, 0.717) is 6.61 Å². The highest BCUT2D eigenvalue weighted by Gasteiger charge is 2.34. The van der Waals surface area contributed by atoms with Crippen LogP contribution in [0.5, 0.6) is 0 Å². The number of hydrogen-bond donors (Lipinski definition) is 0. The van der Waals surface area contributed by atoms with Crippen molar-refractivity contribution in [3.05, 3.63) is 34.9 Å². The normalized spacial score (nSPS) is 27.4. The van der Waals surface area contributed by atoms with Crippen LogP contribution >= 0.6 is 27.5 Å². The molecule has 1 aromatic carbocycles. The minimum absolute atomic E-state index is 0.00480. The Morgan fingerprint density at radius 2 is 2.00 bits per heavy atom. The van der Waals surface area contributed by atoms with Crippen molar-refractivity contribution in [3.63, 3.8) is 0 Å². The number of hydrogen-bond acceptors (Lipinski definition) is 1. The molecule has 106 valence electrons. The van der Waals surface area contributed by atoms with Gasteiger partial charge in [-0.25, -0.2) is 0 Å². The van der Waals surface area contributed by atoms with Crippen molar-refractivity contribution in [3.8, 4) is 0 Å². The zero-order valence-electron chi connectivity index (χ0n) is 11.5. The highest BCUT2D eigenvalue weighted by Crippen LogP contribution is 2.38. The molecule has 0 unspecified atom stereocenters. The fourth-order valence-corrected chi connectivity index (χ4v) is 3.69. The van der Waals surface area contributed by atoms with Gasteiger partial charge < -0.3 is 4.74 Å². The lowest BCUT2D eigenvalue weighted by atomic mass is 9.78. The van der Waals surface area contributed by atoms with Crippen molar-refractivity contribution in [2.45, 2.75) is 51.2 Å². The number of benzene rings is 1. The van der Waals surface area contributed by atoms with E-state index in [2.05, 4.69) is 22.9 Å². The van der Waals surface area contributed by atoms with Crippen molar-refractivity contribution in [1.29, 1.82) is 0 Å². The van der Waals surface area contributed by atoms with E-state index < -0.39 is 0 Å². The smallest absolute Gasteiger partial charge is 0.0783 e. The van der Waals surface area contributed by atoms with Crippen molar-refractivity contribution < 1.29 is 4.74 Å². The summed E-state index contributed by atoms with van der Waals surface area (Å²) in [6.07, 6.45) is 6.17. The molecule has 2 rings (SSSR count). The summed E-state index contributed by atoms with van der Waals surface area (Å²) in [5.74, 6) is 0.885. The summed E-state index contributed by atoms with van der Waals surface area (Å²) in [7, 11) is 0. The monoisotopic (exact) mass is 344 g/mol. The average Bonchev–Trinajstić information content (AvgIpc) is 2.47. The van der Waals surface area contributed by atoms with Crippen LogP contribution in [0.15, 0.2) is 24.3 Å². The molecule has 0 N–H and O–H groups in total. The maximum atomic E-state index is 6.25. The van der Waals surface area contributed by atoms with Crippen molar-refractivity contribution in [2.75, 3.05) is 5.33 Å². The van der Waals surface area contributed by atoms with Crippen LogP contribution in [0.25, 0.3) is 0 Å². The van der Waals surface area contributed by atoms with E-state index in [1.807, 2.05) is 24.3 Å². The first-order chi connectivity index (χ1) is 9.19. The van der Waals surface area contributed by atoms with Crippen molar-refractivity contribution >= 4 is 27.5 Å². The van der Waals surface area contributed by atoms with Gasteiger partial charge in [-0.05, 0) is 43.2 Å². The third-order valence-corrected chi connectivity index (χ3v) is 5.72. The van der Waals surface area contributed by atoms with E-state index in [1.165, 1.54) is 19.3 Å². The summed E-state index contributed by atoms with van der Waals surface area (Å²) in [6.45, 7) is 2.90. The topological polar surface area (TPSA) is 9.23 Å². The Labute approximate surface area is 129 Å². The molecule has 1 nitrogen and oxygen atoms in total. The minimum Gasteiger partial charge on any atom is -0.369 e. The van der Waals surface area contributed by atoms with Crippen LogP contribution in [0.1, 0.15) is 44.6 Å². The van der Waals surface area contributed by atoms with E-state index in [1.54, 1.807) is 0 Å². The molecular weight excluding hydrogens is 324 g/mol. The molecule has 1 saturated carbocycles. The van der Waals surface area contributed by atoms with E-state index in [-0.39, 0.29) is 5.60 Å². The first-order valence-corrected chi connectivity index (χ1v) is 8.62. The van der Waals surface area contributed by atoms with E-state index in [9.17, 15) is 0 Å². The Bertz CT molecular complexity index is 399.